The van der Waals surface area contributed by atoms with Crippen molar-refractivity contribution in [2.75, 3.05) is 13.2 Å². The van der Waals surface area contributed by atoms with Gasteiger partial charge in [0.2, 0.25) is 0 Å². The van der Waals surface area contributed by atoms with Crippen molar-refractivity contribution in [2.45, 2.75) is 12.5 Å². The Morgan fingerprint density at radius 3 is 2.59 bits per heavy atom. The van der Waals surface area contributed by atoms with Crippen LogP contribution in [0, 0.1) is 0 Å². The first-order valence-corrected chi connectivity index (χ1v) is 4.99. The van der Waals surface area contributed by atoms with Gasteiger partial charge in [0.25, 0.3) is 5.91 Å². The Hall–Kier alpha value is -1.79. The summed E-state index contributed by atoms with van der Waals surface area (Å²) in [6.07, 6.45) is 0. The largest absolute Gasteiger partial charge is 0.508 e. The Balaban J connectivity index is 2.71. The monoisotopic (exact) mass is 241 g/mol. The van der Waals surface area contributed by atoms with Gasteiger partial charge in [-0.2, -0.15) is 0 Å². The van der Waals surface area contributed by atoms with Gasteiger partial charge in [-0.3, -0.25) is 4.79 Å². The van der Waals surface area contributed by atoms with Crippen molar-refractivity contribution in [2.24, 2.45) is 0 Å². The summed E-state index contributed by atoms with van der Waals surface area (Å²) in [5, 5.41) is 39.1. The van der Waals surface area contributed by atoms with Crippen LogP contribution in [0.15, 0.2) is 18.2 Å². The zero-order chi connectivity index (χ0) is 13.1. The zero-order valence-electron chi connectivity index (χ0n) is 9.34. The summed E-state index contributed by atoms with van der Waals surface area (Å²) >= 11 is 0. The van der Waals surface area contributed by atoms with Crippen LogP contribution in [0.2, 0.25) is 0 Å². The molecule has 1 aromatic rings. The first-order valence-electron chi connectivity index (χ1n) is 4.99. The molecule has 0 bridgehead atoms. The molecule has 6 nitrogen and oxygen atoms in total. The highest BCUT2D eigenvalue weighted by Crippen LogP contribution is 2.22. The Morgan fingerprint density at radius 2 is 2.06 bits per heavy atom. The van der Waals surface area contributed by atoms with Crippen molar-refractivity contribution < 1.29 is 25.2 Å². The summed E-state index contributed by atoms with van der Waals surface area (Å²) in [4.78, 5) is 11.6. The van der Waals surface area contributed by atoms with Gasteiger partial charge in [0.1, 0.15) is 17.1 Å². The van der Waals surface area contributed by atoms with E-state index in [2.05, 4.69) is 5.32 Å². The lowest BCUT2D eigenvalue weighted by Crippen LogP contribution is -2.43. The lowest BCUT2D eigenvalue weighted by Gasteiger charge is -2.20. The topological polar surface area (TPSA) is 110 Å². The van der Waals surface area contributed by atoms with Gasteiger partial charge >= 0.3 is 0 Å². The van der Waals surface area contributed by atoms with Crippen LogP contribution in [0.5, 0.6) is 11.5 Å². The molecule has 94 valence electrons. The molecular weight excluding hydrogens is 226 g/mol. The van der Waals surface area contributed by atoms with Crippen molar-refractivity contribution in [3.8, 4) is 11.5 Å². The third kappa shape index (κ3) is 3.61. The molecule has 1 aromatic carbocycles. The molecule has 17 heavy (non-hydrogen) atoms. The SMILES string of the molecule is CC(O)(CO)CNC(=O)c1ccc(O)cc1O. The molecule has 0 spiro atoms. The number of aliphatic hydroxyl groups is 2. The van der Waals surface area contributed by atoms with E-state index in [1.165, 1.54) is 19.1 Å². The Kier molecular flexibility index (Phi) is 3.93. The average Bonchev–Trinajstić information content (AvgIpc) is 2.26. The fourth-order valence-corrected chi connectivity index (χ4v) is 1.13. The van der Waals surface area contributed by atoms with Crippen LogP contribution in [-0.2, 0) is 0 Å². The van der Waals surface area contributed by atoms with Gasteiger partial charge in [-0.15, -0.1) is 0 Å². The van der Waals surface area contributed by atoms with Crippen LogP contribution in [0.4, 0.5) is 0 Å². The molecule has 5 N–H and O–H groups in total. The second kappa shape index (κ2) is 5.03. The first-order chi connectivity index (χ1) is 7.85. The van der Waals surface area contributed by atoms with Gasteiger partial charge in [-0.05, 0) is 19.1 Å². The minimum Gasteiger partial charge on any atom is -0.508 e. The van der Waals surface area contributed by atoms with Gasteiger partial charge in [0.15, 0.2) is 0 Å². The van der Waals surface area contributed by atoms with E-state index in [9.17, 15) is 15.0 Å². The van der Waals surface area contributed by atoms with Crippen LogP contribution in [0.25, 0.3) is 0 Å². The highest BCUT2D eigenvalue weighted by molar-refractivity contribution is 5.97. The van der Waals surface area contributed by atoms with E-state index in [0.29, 0.717) is 0 Å². The van der Waals surface area contributed by atoms with Crippen molar-refractivity contribution in [1.29, 1.82) is 0 Å². The van der Waals surface area contributed by atoms with E-state index in [-0.39, 0.29) is 23.6 Å². The maximum atomic E-state index is 11.6. The van der Waals surface area contributed by atoms with Crippen LogP contribution < -0.4 is 5.32 Å². The Labute approximate surface area is 98.1 Å². The second-order valence-corrected chi connectivity index (χ2v) is 4.04. The predicted octanol–water partition coefficient (Wildman–Crippen LogP) is -0.429. The highest BCUT2D eigenvalue weighted by atomic mass is 16.3. The zero-order valence-corrected chi connectivity index (χ0v) is 9.34. The molecule has 0 fully saturated rings. The molecule has 1 unspecified atom stereocenters. The molecule has 0 saturated carbocycles. The Morgan fingerprint density at radius 1 is 1.41 bits per heavy atom. The Bertz CT molecular complexity index is 416. The summed E-state index contributed by atoms with van der Waals surface area (Å²) in [7, 11) is 0. The van der Waals surface area contributed by atoms with E-state index in [1.54, 1.807) is 0 Å². The number of hydrogen-bond donors (Lipinski definition) is 5. The minimum absolute atomic E-state index is 0.0171. The number of amides is 1. The molecule has 0 aliphatic heterocycles. The van der Waals surface area contributed by atoms with Gasteiger partial charge in [-0.1, -0.05) is 0 Å². The number of benzene rings is 1. The van der Waals surface area contributed by atoms with Gasteiger partial charge < -0.3 is 25.7 Å². The van der Waals surface area contributed by atoms with Crippen LogP contribution >= 0.6 is 0 Å². The summed E-state index contributed by atoms with van der Waals surface area (Å²) in [6, 6.07) is 3.56. The molecule has 0 saturated heterocycles. The third-order valence-electron chi connectivity index (χ3n) is 2.20. The average molecular weight is 241 g/mol. The molecule has 0 aliphatic rings. The van der Waals surface area contributed by atoms with Crippen LogP contribution in [-0.4, -0.2) is 45.1 Å². The molecule has 0 aromatic heterocycles. The summed E-state index contributed by atoms with van der Waals surface area (Å²) in [5.41, 5.74) is -1.43. The molecule has 0 radical (unpaired) electrons. The van der Waals surface area contributed by atoms with Crippen molar-refractivity contribution in [1.82, 2.24) is 5.32 Å². The number of aromatic hydroxyl groups is 2. The lowest BCUT2D eigenvalue weighted by atomic mass is 10.1. The number of phenolic OH excluding ortho intramolecular Hbond substituents is 2. The van der Waals surface area contributed by atoms with Crippen LogP contribution in [0.3, 0.4) is 0 Å². The molecule has 1 atom stereocenters. The van der Waals surface area contributed by atoms with E-state index in [0.717, 1.165) is 6.07 Å². The maximum absolute atomic E-state index is 11.6. The van der Waals surface area contributed by atoms with E-state index >= 15 is 0 Å². The molecular formula is C11H15NO5. The van der Waals surface area contributed by atoms with Gasteiger partial charge in [0.05, 0.1) is 12.2 Å². The van der Waals surface area contributed by atoms with Crippen molar-refractivity contribution in [3.63, 3.8) is 0 Å². The predicted molar refractivity (Wildman–Crippen MR) is 59.8 cm³/mol. The first kappa shape index (κ1) is 13.3. The normalized spacial score (nSPS) is 14.1. The number of aliphatic hydroxyl groups excluding tert-OH is 1. The van der Waals surface area contributed by atoms with Crippen molar-refractivity contribution >= 4 is 5.91 Å². The summed E-state index contributed by atoms with van der Waals surface area (Å²) in [5.74, 6) is -1.11. The molecule has 1 rings (SSSR count). The van der Waals surface area contributed by atoms with Gasteiger partial charge in [0, 0.05) is 12.6 Å². The second-order valence-electron chi connectivity index (χ2n) is 4.04. The highest BCUT2D eigenvalue weighted by Gasteiger charge is 2.21. The fraction of sp³-hybridized carbons (Fsp3) is 0.364. The fourth-order valence-electron chi connectivity index (χ4n) is 1.13. The quantitative estimate of drug-likeness (QED) is 0.491. The number of carbonyl (C=O) groups excluding carboxylic acids is 1. The molecule has 1 amide bonds. The number of rotatable bonds is 4. The van der Waals surface area contributed by atoms with Crippen molar-refractivity contribution in [3.05, 3.63) is 23.8 Å². The van der Waals surface area contributed by atoms with E-state index < -0.39 is 18.1 Å². The number of phenols is 2. The standard InChI is InChI=1S/C11H15NO5/c1-11(17,6-13)5-12-10(16)8-3-2-7(14)4-9(8)15/h2-4,13-15,17H,5-6H2,1H3,(H,12,16). The van der Waals surface area contributed by atoms with Crippen LogP contribution in [0.1, 0.15) is 17.3 Å². The number of nitrogens with one attached hydrogen (secondary N) is 1. The van der Waals surface area contributed by atoms with E-state index in [1.807, 2.05) is 0 Å². The number of hydrogen-bond acceptors (Lipinski definition) is 5. The molecule has 6 heteroatoms. The maximum Gasteiger partial charge on any atom is 0.255 e. The molecule has 0 heterocycles. The summed E-state index contributed by atoms with van der Waals surface area (Å²) in [6.45, 7) is 0.724. The van der Waals surface area contributed by atoms with Gasteiger partial charge in [-0.25, -0.2) is 0 Å². The minimum atomic E-state index is -1.41. The summed E-state index contributed by atoms with van der Waals surface area (Å²) < 4.78 is 0. The molecule has 0 aliphatic carbocycles. The van der Waals surface area contributed by atoms with E-state index in [4.69, 9.17) is 10.2 Å². The lowest BCUT2D eigenvalue weighted by molar-refractivity contribution is 0.00318. The smallest absolute Gasteiger partial charge is 0.255 e. The number of carbonyl (C=O) groups is 1. The third-order valence-corrected chi connectivity index (χ3v) is 2.20.